The van der Waals surface area contributed by atoms with Gasteiger partial charge >= 0.3 is 0 Å². The third kappa shape index (κ3) is 3.41. The zero-order chi connectivity index (χ0) is 14.7. The molecule has 1 aromatic heterocycles. The van der Waals surface area contributed by atoms with Crippen LogP contribution < -0.4 is 10.6 Å². The molecule has 20 heavy (non-hydrogen) atoms. The van der Waals surface area contributed by atoms with Gasteiger partial charge in [-0.3, -0.25) is 0 Å². The maximum absolute atomic E-state index is 6.20. The van der Waals surface area contributed by atoms with Crippen molar-refractivity contribution >= 4 is 44.9 Å². The van der Waals surface area contributed by atoms with Crippen molar-refractivity contribution in [3.8, 4) is 0 Å². The molecule has 2 rings (SSSR count). The number of nitrogens with zero attached hydrogens (tertiary/aromatic N) is 2. The van der Waals surface area contributed by atoms with E-state index < -0.39 is 0 Å². The third-order valence-corrected chi connectivity index (χ3v) is 3.61. The van der Waals surface area contributed by atoms with E-state index in [1.807, 2.05) is 39.0 Å². The first-order chi connectivity index (χ1) is 9.51. The molecule has 2 aromatic rings. The van der Waals surface area contributed by atoms with Crippen LogP contribution in [0.2, 0.25) is 5.02 Å². The van der Waals surface area contributed by atoms with Gasteiger partial charge in [0.1, 0.15) is 17.5 Å². The van der Waals surface area contributed by atoms with Gasteiger partial charge in [0.05, 0.1) is 10.7 Å². The molecule has 0 saturated heterocycles. The summed E-state index contributed by atoms with van der Waals surface area (Å²) in [5, 5.41) is 7.15. The molecule has 0 aliphatic rings. The lowest BCUT2D eigenvalue weighted by Gasteiger charge is -2.14. The van der Waals surface area contributed by atoms with E-state index in [9.17, 15) is 0 Å². The molecule has 0 aliphatic heterocycles. The largest absolute Gasteiger partial charge is 0.370 e. The smallest absolute Gasteiger partial charge is 0.139 e. The van der Waals surface area contributed by atoms with Gasteiger partial charge in [0.2, 0.25) is 0 Å². The van der Waals surface area contributed by atoms with Crippen LogP contribution in [0.3, 0.4) is 0 Å². The zero-order valence-corrected chi connectivity index (χ0v) is 13.9. The lowest BCUT2D eigenvalue weighted by molar-refractivity contribution is 1.02. The van der Waals surface area contributed by atoms with Crippen molar-refractivity contribution in [2.75, 3.05) is 17.2 Å². The molecule has 0 aliphatic carbocycles. The van der Waals surface area contributed by atoms with E-state index in [1.165, 1.54) is 0 Å². The molecular weight excluding hydrogens is 340 g/mol. The monoisotopic (exact) mass is 354 g/mol. The molecule has 1 aromatic carbocycles. The summed E-state index contributed by atoms with van der Waals surface area (Å²) in [4.78, 5) is 8.85. The minimum atomic E-state index is 0.647. The first-order valence-electron chi connectivity index (χ1n) is 6.32. The molecular formula is C14H16BrClN4. The fourth-order valence-corrected chi connectivity index (χ4v) is 2.34. The molecule has 0 atom stereocenters. The second-order valence-corrected chi connectivity index (χ2v) is 5.70. The summed E-state index contributed by atoms with van der Waals surface area (Å²) in [6.07, 6.45) is 0. The average molecular weight is 356 g/mol. The van der Waals surface area contributed by atoms with Crippen LogP contribution in [0.5, 0.6) is 0 Å². The molecule has 4 nitrogen and oxygen atoms in total. The van der Waals surface area contributed by atoms with E-state index in [-0.39, 0.29) is 0 Å². The quantitative estimate of drug-likeness (QED) is 0.835. The second-order valence-electron chi connectivity index (χ2n) is 4.37. The van der Waals surface area contributed by atoms with E-state index in [4.69, 9.17) is 11.6 Å². The maximum atomic E-state index is 6.20. The van der Waals surface area contributed by atoms with Crippen molar-refractivity contribution in [3.63, 3.8) is 0 Å². The Kier molecular flexibility index (Phi) is 4.83. The predicted molar refractivity (Wildman–Crippen MR) is 88.1 cm³/mol. The van der Waals surface area contributed by atoms with Gasteiger partial charge in [-0.2, -0.15) is 0 Å². The summed E-state index contributed by atoms with van der Waals surface area (Å²) < 4.78 is 0.958. The summed E-state index contributed by atoms with van der Waals surface area (Å²) in [5.74, 6) is 2.31. The lowest BCUT2D eigenvalue weighted by Crippen LogP contribution is -2.07. The molecule has 0 spiro atoms. The van der Waals surface area contributed by atoms with Crippen molar-refractivity contribution in [2.24, 2.45) is 0 Å². The number of hydrogen-bond acceptors (Lipinski definition) is 4. The van der Waals surface area contributed by atoms with Gasteiger partial charge in [-0.05, 0) is 39.0 Å². The molecule has 0 amide bonds. The highest BCUT2D eigenvalue weighted by molar-refractivity contribution is 9.10. The zero-order valence-electron chi connectivity index (χ0n) is 11.6. The van der Waals surface area contributed by atoms with Gasteiger partial charge < -0.3 is 10.6 Å². The highest BCUT2D eigenvalue weighted by atomic mass is 79.9. The van der Waals surface area contributed by atoms with Crippen LogP contribution in [0, 0.1) is 13.8 Å². The van der Waals surface area contributed by atoms with Gasteiger partial charge in [-0.25, -0.2) is 9.97 Å². The maximum Gasteiger partial charge on any atom is 0.139 e. The van der Waals surface area contributed by atoms with Crippen LogP contribution >= 0.6 is 27.5 Å². The van der Waals surface area contributed by atoms with Crippen molar-refractivity contribution in [2.45, 2.75) is 20.8 Å². The van der Waals surface area contributed by atoms with Gasteiger partial charge in [-0.15, -0.1) is 0 Å². The molecule has 6 heteroatoms. The molecule has 1 heterocycles. The van der Waals surface area contributed by atoms with Crippen LogP contribution in [0.15, 0.2) is 22.7 Å². The standard InChI is InChI=1S/C14H16BrClN4/c1-4-17-13-8(2)14(19-9(3)18-13)20-12-7-10(15)5-6-11(12)16/h5-7H,4H2,1-3H3,(H2,17,18,19,20). The van der Waals surface area contributed by atoms with Crippen LogP contribution in [0.4, 0.5) is 17.3 Å². The Morgan fingerprint density at radius 3 is 2.60 bits per heavy atom. The Morgan fingerprint density at radius 2 is 1.90 bits per heavy atom. The number of nitrogens with one attached hydrogen (secondary N) is 2. The first kappa shape index (κ1) is 15.1. The third-order valence-electron chi connectivity index (χ3n) is 2.78. The van der Waals surface area contributed by atoms with Gasteiger partial charge in [-0.1, -0.05) is 27.5 Å². The fourth-order valence-electron chi connectivity index (χ4n) is 1.81. The van der Waals surface area contributed by atoms with Crippen LogP contribution in [0.1, 0.15) is 18.3 Å². The van der Waals surface area contributed by atoms with Crippen LogP contribution in [0.25, 0.3) is 0 Å². The summed E-state index contributed by atoms with van der Waals surface area (Å²) >= 11 is 9.64. The van der Waals surface area contributed by atoms with E-state index in [1.54, 1.807) is 0 Å². The summed E-state index contributed by atoms with van der Waals surface area (Å²) in [6.45, 7) is 6.70. The molecule has 0 radical (unpaired) electrons. The minimum Gasteiger partial charge on any atom is -0.370 e. The molecule has 0 fully saturated rings. The second kappa shape index (κ2) is 6.41. The van der Waals surface area contributed by atoms with E-state index in [2.05, 4.69) is 36.5 Å². The number of aryl methyl sites for hydroxylation is 1. The molecule has 0 bridgehead atoms. The summed E-state index contributed by atoms with van der Waals surface area (Å²) in [5.41, 5.74) is 1.78. The van der Waals surface area contributed by atoms with Crippen molar-refractivity contribution in [1.29, 1.82) is 0 Å². The van der Waals surface area contributed by atoms with E-state index in [0.29, 0.717) is 10.8 Å². The Hall–Kier alpha value is -1.33. The van der Waals surface area contributed by atoms with E-state index >= 15 is 0 Å². The van der Waals surface area contributed by atoms with Gasteiger partial charge in [0, 0.05) is 16.6 Å². The number of anilines is 3. The van der Waals surface area contributed by atoms with Crippen molar-refractivity contribution < 1.29 is 0 Å². The minimum absolute atomic E-state index is 0.647. The number of hydrogen-bond donors (Lipinski definition) is 2. The first-order valence-corrected chi connectivity index (χ1v) is 7.49. The highest BCUT2D eigenvalue weighted by Crippen LogP contribution is 2.30. The molecule has 0 unspecified atom stereocenters. The summed E-state index contributed by atoms with van der Waals surface area (Å²) in [7, 11) is 0. The molecule has 0 saturated carbocycles. The summed E-state index contributed by atoms with van der Waals surface area (Å²) in [6, 6.07) is 5.66. The predicted octanol–water partition coefficient (Wildman–Crippen LogP) is 4.68. The van der Waals surface area contributed by atoms with Crippen LogP contribution in [-0.4, -0.2) is 16.5 Å². The number of rotatable bonds is 4. The van der Waals surface area contributed by atoms with E-state index in [0.717, 1.165) is 33.9 Å². The topological polar surface area (TPSA) is 49.8 Å². The normalized spacial score (nSPS) is 10.4. The number of benzene rings is 1. The Balaban J connectivity index is 2.40. The van der Waals surface area contributed by atoms with Crippen molar-refractivity contribution in [3.05, 3.63) is 39.1 Å². The Bertz CT molecular complexity index is 631. The molecule has 106 valence electrons. The van der Waals surface area contributed by atoms with Gasteiger partial charge in [0.25, 0.3) is 0 Å². The van der Waals surface area contributed by atoms with Gasteiger partial charge in [0.15, 0.2) is 0 Å². The fraction of sp³-hybridized carbons (Fsp3) is 0.286. The Morgan fingerprint density at radius 1 is 1.20 bits per heavy atom. The Labute approximate surface area is 132 Å². The van der Waals surface area contributed by atoms with Crippen molar-refractivity contribution in [1.82, 2.24) is 9.97 Å². The SMILES string of the molecule is CCNc1nc(C)nc(Nc2cc(Br)ccc2Cl)c1C. The highest BCUT2D eigenvalue weighted by Gasteiger charge is 2.10. The average Bonchev–Trinajstić information content (AvgIpc) is 2.39. The lowest BCUT2D eigenvalue weighted by atomic mass is 10.2. The van der Waals surface area contributed by atoms with Crippen LogP contribution in [-0.2, 0) is 0 Å². The molecule has 2 N–H and O–H groups in total. The number of aromatic nitrogens is 2. The number of halogens is 2.